The van der Waals surface area contributed by atoms with Gasteiger partial charge in [0, 0.05) is 23.5 Å². The molecule has 4 rings (SSSR count). The van der Waals surface area contributed by atoms with Crippen LogP contribution in [-0.4, -0.2) is 27.3 Å². The summed E-state index contributed by atoms with van der Waals surface area (Å²) < 4.78 is 1.68. The highest BCUT2D eigenvalue weighted by Gasteiger charge is 2.30. The van der Waals surface area contributed by atoms with Crippen LogP contribution in [0.15, 0.2) is 47.3 Å². The summed E-state index contributed by atoms with van der Waals surface area (Å²) >= 11 is 0. The van der Waals surface area contributed by atoms with Crippen LogP contribution in [0.3, 0.4) is 0 Å². The standard InChI is InChI=1S/C24H29N3O/c1-16(2)14-26(19-11-12-19)15-27-24(28)21-8-6-5-7-20(21)23(25-27)22-13-17(3)9-10-18(22)4/h5-10,13,16,19H,11-12,14-15H2,1-4H3. The monoisotopic (exact) mass is 375 g/mol. The summed E-state index contributed by atoms with van der Waals surface area (Å²) in [4.78, 5) is 15.6. The first-order valence-electron chi connectivity index (χ1n) is 10.3. The van der Waals surface area contributed by atoms with Crippen molar-refractivity contribution in [3.8, 4) is 11.3 Å². The molecule has 0 amide bonds. The van der Waals surface area contributed by atoms with Crippen LogP contribution in [-0.2, 0) is 6.67 Å². The van der Waals surface area contributed by atoms with E-state index < -0.39 is 0 Å². The maximum atomic E-state index is 13.2. The summed E-state index contributed by atoms with van der Waals surface area (Å²) in [7, 11) is 0. The van der Waals surface area contributed by atoms with Gasteiger partial charge in [0.1, 0.15) is 0 Å². The molecule has 1 aromatic heterocycles. The Kier molecular flexibility index (Phi) is 5.07. The zero-order chi connectivity index (χ0) is 19.8. The third-order valence-electron chi connectivity index (χ3n) is 5.49. The topological polar surface area (TPSA) is 38.1 Å². The van der Waals surface area contributed by atoms with Crippen molar-refractivity contribution in [2.75, 3.05) is 6.54 Å². The van der Waals surface area contributed by atoms with Crippen LogP contribution < -0.4 is 5.56 Å². The number of rotatable bonds is 6. The Morgan fingerprint density at radius 3 is 2.50 bits per heavy atom. The van der Waals surface area contributed by atoms with Crippen molar-refractivity contribution in [3.05, 3.63) is 63.9 Å². The van der Waals surface area contributed by atoms with Crippen molar-refractivity contribution in [1.29, 1.82) is 0 Å². The number of nitrogens with zero attached hydrogens (tertiary/aromatic N) is 3. The number of benzene rings is 2. The van der Waals surface area contributed by atoms with Gasteiger partial charge in [0.2, 0.25) is 0 Å². The van der Waals surface area contributed by atoms with Crippen molar-refractivity contribution < 1.29 is 0 Å². The van der Waals surface area contributed by atoms with Crippen LogP contribution in [0.4, 0.5) is 0 Å². The van der Waals surface area contributed by atoms with Gasteiger partial charge < -0.3 is 0 Å². The first-order valence-corrected chi connectivity index (χ1v) is 10.3. The molecule has 0 spiro atoms. The van der Waals surface area contributed by atoms with E-state index in [-0.39, 0.29) is 5.56 Å². The smallest absolute Gasteiger partial charge is 0.275 e. The van der Waals surface area contributed by atoms with Crippen LogP contribution in [0.25, 0.3) is 22.0 Å². The Balaban J connectivity index is 1.87. The summed E-state index contributed by atoms with van der Waals surface area (Å²) in [6, 6.07) is 14.9. The second kappa shape index (κ2) is 7.51. The molecule has 146 valence electrons. The molecule has 1 aliphatic carbocycles. The first-order chi connectivity index (χ1) is 13.4. The van der Waals surface area contributed by atoms with Crippen LogP contribution in [0.1, 0.15) is 37.8 Å². The van der Waals surface area contributed by atoms with E-state index in [4.69, 9.17) is 5.10 Å². The van der Waals surface area contributed by atoms with Gasteiger partial charge in [-0.05, 0) is 50.3 Å². The maximum Gasteiger partial charge on any atom is 0.275 e. The van der Waals surface area contributed by atoms with Crippen molar-refractivity contribution in [2.45, 2.75) is 53.2 Å². The van der Waals surface area contributed by atoms with Crippen molar-refractivity contribution in [1.82, 2.24) is 14.7 Å². The third-order valence-corrected chi connectivity index (χ3v) is 5.49. The van der Waals surface area contributed by atoms with Gasteiger partial charge in [-0.1, -0.05) is 49.7 Å². The SMILES string of the molecule is Cc1ccc(C)c(-c2nn(CN(CC(C)C)C3CC3)c(=O)c3ccccc23)c1. The average Bonchev–Trinajstić information content (AvgIpc) is 3.50. The van der Waals surface area contributed by atoms with E-state index in [1.807, 2.05) is 24.3 Å². The summed E-state index contributed by atoms with van der Waals surface area (Å²) in [6.07, 6.45) is 2.44. The van der Waals surface area contributed by atoms with Gasteiger partial charge in [0.15, 0.2) is 0 Å². The lowest BCUT2D eigenvalue weighted by Crippen LogP contribution is -2.37. The molecular formula is C24H29N3O. The molecule has 1 saturated carbocycles. The zero-order valence-electron chi connectivity index (χ0n) is 17.3. The lowest BCUT2D eigenvalue weighted by atomic mass is 9.99. The third kappa shape index (κ3) is 3.74. The highest BCUT2D eigenvalue weighted by Crippen LogP contribution is 2.30. The predicted molar refractivity (Wildman–Crippen MR) is 115 cm³/mol. The molecule has 0 N–H and O–H groups in total. The number of fused-ring (bicyclic) bond motifs is 1. The molecule has 1 heterocycles. The molecule has 0 aliphatic heterocycles. The van der Waals surface area contributed by atoms with E-state index in [0.29, 0.717) is 18.6 Å². The molecule has 0 saturated heterocycles. The van der Waals surface area contributed by atoms with E-state index in [1.54, 1.807) is 4.68 Å². The minimum absolute atomic E-state index is 0.000868. The molecular weight excluding hydrogens is 346 g/mol. The van der Waals surface area contributed by atoms with E-state index in [9.17, 15) is 4.79 Å². The van der Waals surface area contributed by atoms with Gasteiger partial charge in [-0.2, -0.15) is 5.10 Å². The Morgan fingerprint density at radius 2 is 1.82 bits per heavy atom. The van der Waals surface area contributed by atoms with E-state index >= 15 is 0 Å². The predicted octanol–water partition coefficient (Wildman–Crippen LogP) is 4.76. The van der Waals surface area contributed by atoms with Crippen molar-refractivity contribution in [2.24, 2.45) is 5.92 Å². The van der Waals surface area contributed by atoms with Gasteiger partial charge in [-0.15, -0.1) is 0 Å². The molecule has 4 heteroatoms. The fraction of sp³-hybridized carbons (Fsp3) is 0.417. The Labute approximate surface area is 166 Å². The fourth-order valence-electron chi connectivity index (χ4n) is 3.92. The van der Waals surface area contributed by atoms with E-state index in [0.717, 1.165) is 28.6 Å². The number of aromatic nitrogens is 2. The molecule has 0 unspecified atom stereocenters. The number of hydrogen-bond donors (Lipinski definition) is 0. The largest absolute Gasteiger partial charge is 0.281 e. The zero-order valence-corrected chi connectivity index (χ0v) is 17.3. The minimum atomic E-state index is -0.000868. The molecule has 3 aromatic rings. The van der Waals surface area contributed by atoms with Crippen molar-refractivity contribution >= 4 is 10.8 Å². The Hall–Kier alpha value is -2.46. The summed E-state index contributed by atoms with van der Waals surface area (Å²) in [5.41, 5.74) is 4.38. The summed E-state index contributed by atoms with van der Waals surface area (Å²) in [6.45, 7) is 10.2. The highest BCUT2D eigenvalue weighted by atomic mass is 16.1. The van der Waals surface area contributed by atoms with Gasteiger partial charge in [0.05, 0.1) is 17.7 Å². The first kappa shape index (κ1) is 18.9. The molecule has 4 nitrogen and oxygen atoms in total. The number of aryl methyl sites for hydroxylation is 2. The molecule has 28 heavy (non-hydrogen) atoms. The van der Waals surface area contributed by atoms with Gasteiger partial charge >= 0.3 is 0 Å². The van der Waals surface area contributed by atoms with E-state index in [1.165, 1.54) is 24.0 Å². The van der Waals surface area contributed by atoms with Crippen LogP contribution >= 0.6 is 0 Å². The van der Waals surface area contributed by atoms with E-state index in [2.05, 4.69) is 50.8 Å². The molecule has 0 bridgehead atoms. The average molecular weight is 376 g/mol. The number of hydrogen-bond acceptors (Lipinski definition) is 3. The maximum absolute atomic E-state index is 13.2. The second-order valence-corrected chi connectivity index (χ2v) is 8.56. The lowest BCUT2D eigenvalue weighted by molar-refractivity contribution is 0.172. The van der Waals surface area contributed by atoms with Crippen LogP contribution in [0.5, 0.6) is 0 Å². The molecule has 2 aromatic carbocycles. The molecule has 0 atom stereocenters. The molecule has 0 radical (unpaired) electrons. The minimum Gasteiger partial charge on any atom is -0.281 e. The Bertz CT molecular complexity index is 1060. The summed E-state index contributed by atoms with van der Waals surface area (Å²) in [5.74, 6) is 0.565. The normalized spacial score (nSPS) is 14.4. The Morgan fingerprint density at radius 1 is 1.11 bits per heavy atom. The van der Waals surface area contributed by atoms with Crippen LogP contribution in [0, 0.1) is 19.8 Å². The molecule has 1 fully saturated rings. The highest BCUT2D eigenvalue weighted by molar-refractivity contribution is 5.94. The lowest BCUT2D eigenvalue weighted by Gasteiger charge is -2.25. The summed E-state index contributed by atoms with van der Waals surface area (Å²) in [5, 5.41) is 6.57. The van der Waals surface area contributed by atoms with Crippen molar-refractivity contribution in [3.63, 3.8) is 0 Å². The quantitative estimate of drug-likeness (QED) is 0.623. The van der Waals surface area contributed by atoms with Gasteiger partial charge in [-0.25, -0.2) is 4.68 Å². The second-order valence-electron chi connectivity index (χ2n) is 8.56. The van der Waals surface area contributed by atoms with Gasteiger partial charge in [-0.3, -0.25) is 9.69 Å². The van der Waals surface area contributed by atoms with Crippen LogP contribution in [0.2, 0.25) is 0 Å². The van der Waals surface area contributed by atoms with Gasteiger partial charge in [0.25, 0.3) is 5.56 Å². The molecule has 1 aliphatic rings. The fourth-order valence-corrected chi connectivity index (χ4v) is 3.92.